The minimum absolute atomic E-state index is 0.0483. The topological polar surface area (TPSA) is 113 Å². The molecular weight excluding hydrogens is 316 g/mol. The number of hydrogen-bond acceptors (Lipinski definition) is 6. The highest BCUT2D eigenvalue weighted by Crippen LogP contribution is 2.15. The average Bonchev–Trinajstić information content (AvgIpc) is 2.41. The van der Waals surface area contributed by atoms with Crippen LogP contribution in [-0.4, -0.2) is 54.2 Å². The number of carbonyl (C=O) groups excluding carboxylic acids is 1. The molecule has 1 unspecified atom stereocenters. The lowest BCUT2D eigenvalue weighted by molar-refractivity contribution is -0.141. The predicted molar refractivity (Wildman–Crippen MR) is 78.9 cm³/mol. The van der Waals surface area contributed by atoms with Crippen LogP contribution in [0.15, 0.2) is 29.4 Å². The zero-order valence-electron chi connectivity index (χ0n) is 11.4. The first-order valence-electron chi connectivity index (χ1n) is 6.00. The molecule has 0 aliphatic carbocycles. The normalized spacial score (nSPS) is 12.6. The van der Waals surface area contributed by atoms with Crippen LogP contribution in [0, 0.1) is 0 Å². The Morgan fingerprint density at radius 1 is 1.38 bits per heavy atom. The number of hydrogen-bond donors (Lipinski definition) is 2. The second kappa shape index (κ2) is 7.99. The Morgan fingerprint density at radius 3 is 2.52 bits per heavy atom. The van der Waals surface area contributed by atoms with Crippen LogP contribution in [0.3, 0.4) is 0 Å². The molecule has 1 amide bonds. The molecule has 0 saturated heterocycles. The van der Waals surface area contributed by atoms with Crippen LogP contribution >= 0.6 is 11.8 Å². The van der Waals surface area contributed by atoms with Crippen molar-refractivity contribution in [1.82, 2.24) is 10.3 Å². The first kappa shape index (κ1) is 17.4. The van der Waals surface area contributed by atoms with Crippen LogP contribution in [0.4, 0.5) is 0 Å². The third-order valence-electron chi connectivity index (χ3n) is 2.43. The minimum atomic E-state index is -3.27. The van der Waals surface area contributed by atoms with Crippen molar-refractivity contribution >= 4 is 33.5 Å². The van der Waals surface area contributed by atoms with E-state index in [-0.39, 0.29) is 17.9 Å². The molecule has 0 fully saturated rings. The van der Waals surface area contributed by atoms with Gasteiger partial charge < -0.3 is 10.4 Å². The molecule has 0 aromatic carbocycles. The summed E-state index contributed by atoms with van der Waals surface area (Å²) in [7, 11) is -3.27. The SMILES string of the molecule is CS(=O)(=O)CCC(NC(=O)CSc1ccncc1)C(=O)O. The highest BCUT2D eigenvalue weighted by Gasteiger charge is 2.21. The van der Waals surface area contributed by atoms with E-state index in [1.54, 1.807) is 24.5 Å². The summed E-state index contributed by atoms with van der Waals surface area (Å²) in [6.45, 7) is 0. The molecule has 21 heavy (non-hydrogen) atoms. The number of carbonyl (C=O) groups is 2. The third-order valence-corrected chi connectivity index (χ3v) is 4.42. The molecular formula is C12H16N2O5S2. The molecule has 2 N–H and O–H groups in total. The number of nitrogens with zero attached hydrogens (tertiary/aromatic N) is 1. The second-order valence-electron chi connectivity index (χ2n) is 4.35. The van der Waals surface area contributed by atoms with Gasteiger partial charge in [0.2, 0.25) is 5.91 Å². The van der Waals surface area contributed by atoms with E-state index in [2.05, 4.69) is 10.3 Å². The summed E-state index contributed by atoms with van der Waals surface area (Å²) in [5.41, 5.74) is 0. The molecule has 1 atom stereocenters. The van der Waals surface area contributed by atoms with E-state index in [4.69, 9.17) is 5.11 Å². The van der Waals surface area contributed by atoms with Gasteiger partial charge in [0.05, 0.1) is 11.5 Å². The van der Waals surface area contributed by atoms with Crippen molar-refractivity contribution in [3.8, 4) is 0 Å². The number of rotatable bonds is 8. The summed E-state index contributed by atoms with van der Waals surface area (Å²) in [5, 5.41) is 11.3. The largest absolute Gasteiger partial charge is 0.480 e. The zero-order valence-corrected chi connectivity index (χ0v) is 13.0. The number of carboxylic acids is 1. The van der Waals surface area contributed by atoms with Crippen molar-refractivity contribution in [3.63, 3.8) is 0 Å². The third kappa shape index (κ3) is 7.66. The fraction of sp³-hybridized carbons (Fsp3) is 0.417. The molecule has 0 spiro atoms. The van der Waals surface area contributed by atoms with Crippen molar-refractivity contribution in [3.05, 3.63) is 24.5 Å². The van der Waals surface area contributed by atoms with Gasteiger partial charge in [-0.3, -0.25) is 9.78 Å². The highest BCUT2D eigenvalue weighted by atomic mass is 32.2. The molecule has 1 rings (SSSR count). The molecule has 9 heteroatoms. The fourth-order valence-corrected chi connectivity index (χ4v) is 2.77. The standard InChI is InChI=1S/C12H16N2O5S2/c1-21(18,19)7-4-10(12(16)17)14-11(15)8-20-9-2-5-13-6-3-9/h2-3,5-6,10H,4,7-8H2,1H3,(H,14,15)(H,16,17). The molecule has 0 aliphatic rings. The second-order valence-corrected chi connectivity index (χ2v) is 7.66. The first-order chi connectivity index (χ1) is 9.78. The van der Waals surface area contributed by atoms with E-state index < -0.39 is 27.8 Å². The quantitative estimate of drug-likeness (QED) is 0.653. The van der Waals surface area contributed by atoms with Crippen LogP contribution in [-0.2, 0) is 19.4 Å². The van der Waals surface area contributed by atoms with E-state index in [9.17, 15) is 18.0 Å². The summed E-state index contributed by atoms with van der Waals surface area (Å²) >= 11 is 1.24. The van der Waals surface area contributed by atoms with Gasteiger partial charge in [-0.25, -0.2) is 13.2 Å². The van der Waals surface area contributed by atoms with Crippen molar-refractivity contribution in [2.75, 3.05) is 17.8 Å². The van der Waals surface area contributed by atoms with Gasteiger partial charge in [-0.2, -0.15) is 0 Å². The molecule has 0 bridgehead atoms. The minimum Gasteiger partial charge on any atom is -0.480 e. The summed E-state index contributed by atoms with van der Waals surface area (Å²) in [4.78, 5) is 27.4. The van der Waals surface area contributed by atoms with Crippen LogP contribution in [0.25, 0.3) is 0 Å². The van der Waals surface area contributed by atoms with Crippen LogP contribution in [0.1, 0.15) is 6.42 Å². The van der Waals surface area contributed by atoms with Gasteiger partial charge >= 0.3 is 5.97 Å². The van der Waals surface area contributed by atoms with E-state index in [1.165, 1.54) is 11.8 Å². The van der Waals surface area contributed by atoms with Gasteiger partial charge in [-0.05, 0) is 18.6 Å². The van der Waals surface area contributed by atoms with E-state index in [0.717, 1.165) is 11.2 Å². The lowest BCUT2D eigenvalue weighted by Crippen LogP contribution is -2.42. The summed E-state index contributed by atoms with van der Waals surface area (Å²) in [6.07, 6.45) is 4.05. The lowest BCUT2D eigenvalue weighted by atomic mass is 10.2. The number of carboxylic acid groups (broad SMARTS) is 1. The smallest absolute Gasteiger partial charge is 0.326 e. The zero-order chi connectivity index (χ0) is 15.9. The number of aliphatic carboxylic acids is 1. The Kier molecular flexibility index (Phi) is 6.63. The maximum absolute atomic E-state index is 11.7. The van der Waals surface area contributed by atoms with Gasteiger partial charge in [0.15, 0.2) is 0 Å². The number of sulfone groups is 1. The number of thioether (sulfide) groups is 1. The van der Waals surface area contributed by atoms with Gasteiger partial charge in [-0.1, -0.05) is 0 Å². The Balaban J connectivity index is 2.47. The first-order valence-corrected chi connectivity index (χ1v) is 9.05. The molecule has 0 aliphatic heterocycles. The maximum atomic E-state index is 11.7. The monoisotopic (exact) mass is 332 g/mol. The number of pyridine rings is 1. The molecule has 0 saturated carbocycles. The molecule has 1 heterocycles. The molecule has 116 valence electrons. The van der Waals surface area contributed by atoms with Crippen LogP contribution in [0.2, 0.25) is 0 Å². The Bertz CT molecular complexity index is 589. The number of aromatic nitrogens is 1. The summed E-state index contributed by atoms with van der Waals surface area (Å²) in [6, 6.07) is 2.26. The van der Waals surface area contributed by atoms with Crippen LogP contribution < -0.4 is 5.32 Å². The van der Waals surface area contributed by atoms with Gasteiger partial charge in [0, 0.05) is 23.5 Å². The molecule has 7 nitrogen and oxygen atoms in total. The van der Waals surface area contributed by atoms with Crippen LogP contribution in [0.5, 0.6) is 0 Å². The Labute approximate surface area is 127 Å². The van der Waals surface area contributed by atoms with E-state index in [0.29, 0.717) is 0 Å². The van der Waals surface area contributed by atoms with Crippen molar-refractivity contribution < 1.29 is 23.1 Å². The number of nitrogens with one attached hydrogen (secondary N) is 1. The Hall–Kier alpha value is -1.61. The molecule has 1 aromatic rings. The van der Waals surface area contributed by atoms with Crippen molar-refractivity contribution in [1.29, 1.82) is 0 Å². The average molecular weight is 332 g/mol. The van der Waals surface area contributed by atoms with E-state index >= 15 is 0 Å². The lowest BCUT2D eigenvalue weighted by Gasteiger charge is -2.13. The summed E-state index contributed by atoms with van der Waals surface area (Å²) < 4.78 is 22.1. The van der Waals surface area contributed by atoms with Gasteiger partial charge in [0.25, 0.3) is 0 Å². The maximum Gasteiger partial charge on any atom is 0.326 e. The molecule has 1 aromatic heterocycles. The fourth-order valence-electron chi connectivity index (χ4n) is 1.41. The van der Waals surface area contributed by atoms with Gasteiger partial charge in [-0.15, -0.1) is 11.8 Å². The number of amides is 1. The van der Waals surface area contributed by atoms with Crippen molar-refractivity contribution in [2.24, 2.45) is 0 Å². The Morgan fingerprint density at radius 2 is 2.00 bits per heavy atom. The van der Waals surface area contributed by atoms with E-state index in [1.807, 2.05) is 0 Å². The highest BCUT2D eigenvalue weighted by molar-refractivity contribution is 8.00. The van der Waals surface area contributed by atoms with Crippen molar-refractivity contribution in [2.45, 2.75) is 17.4 Å². The van der Waals surface area contributed by atoms with Gasteiger partial charge in [0.1, 0.15) is 15.9 Å². The summed E-state index contributed by atoms with van der Waals surface area (Å²) in [5.74, 6) is -1.95. The predicted octanol–water partition coefficient (Wildman–Crippen LogP) is 0.178. The molecule has 0 radical (unpaired) electrons.